The van der Waals surface area contributed by atoms with Crippen molar-refractivity contribution < 1.29 is 33.3 Å². The Labute approximate surface area is 239 Å². The van der Waals surface area contributed by atoms with Crippen molar-refractivity contribution >= 4 is 34.9 Å². The Balaban J connectivity index is 1.35. The molecule has 2 heterocycles. The molecule has 40 heavy (non-hydrogen) atoms. The van der Waals surface area contributed by atoms with Gasteiger partial charge in [-0.05, 0) is 65.6 Å². The van der Waals surface area contributed by atoms with E-state index in [4.69, 9.17) is 18.9 Å². The number of benzene rings is 2. The zero-order valence-electron chi connectivity index (χ0n) is 23.4. The number of imide groups is 1. The van der Waals surface area contributed by atoms with Gasteiger partial charge in [0.25, 0.3) is 11.1 Å². The highest BCUT2D eigenvalue weighted by molar-refractivity contribution is 8.18. The molecule has 2 aliphatic rings. The van der Waals surface area contributed by atoms with Crippen molar-refractivity contribution in [2.24, 2.45) is 0 Å². The van der Waals surface area contributed by atoms with Crippen molar-refractivity contribution in [3.63, 3.8) is 0 Å². The number of thioether (sulfide) groups is 1. The van der Waals surface area contributed by atoms with Crippen LogP contribution in [0.15, 0.2) is 47.4 Å². The molecule has 0 spiro atoms. The van der Waals surface area contributed by atoms with Crippen LogP contribution in [0.3, 0.4) is 0 Å². The Hall–Kier alpha value is -3.50. The van der Waals surface area contributed by atoms with Crippen LogP contribution in [-0.4, -0.2) is 79.5 Å². The van der Waals surface area contributed by atoms with Crippen LogP contribution < -0.4 is 14.2 Å². The summed E-state index contributed by atoms with van der Waals surface area (Å²) in [4.78, 5) is 40.8. The monoisotopic (exact) mass is 568 g/mol. The first-order chi connectivity index (χ1) is 19.2. The number of hydrogen-bond donors (Lipinski definition) is 0. The van der Waals surface area contributed by atoms with Gasteiger partial charge in [0.05, 0.1) is 24.7 Å². The van der Waals surface area contributed by atoms with Gasteiger partial charge in [0.15, 0.2) is 11.5 Å². The van der Waals surface area contributed by atoms with Crippen LogP contribution in [-0.2, 0) is 19.7 Å². The normalized spacial score (nSPS) is 16.9. The summed E-state index contributed by atoms with van der Waals surface area (Å²) < 4.78 is 22.8. The summed E-state index contributed by atoms with van der Waals surface area (Å²) in [5.74, 6) is 1.10. The van der Waals surface area contributed by atoms with Gasteiger partial charge in [0.1, 0.15) is 25.5 Å². The molecule has 0 atom stereocenters. The smallest absolute Gasteiger partial charge is 0.294 e. The number of carbonyl (C=O) groups is 3. The second-order valence-corrected chi connectivity index (χ2v) is 11.4. The molecular weight excluding hydrogens is 532 g/mol. The Bertz CT molecular complexity index is 1250. The Kier molecular flexibility index (Phi) is 9.76. The summed E-state index contributed by atoms with van der Waals surface area (Å²) in [6, 6.07) is 13.4. The minimum absolute atomic E-state index is 0.0835. The Morgan fingerprint density at radius 2 is 1.68 bits per heavy atom. The molecule has 0 aromatic heterocycles. The minimum Gasteiger partial charge on any atom is -0.490 e. The maximum absolute atomic E-state index is 12.9. The lowest BCUT2D eigenvalue weighted by Gasteiger charge is -2.28. The van der Waals surface area contributed by atoms with Crippen LogP contribution in [0.25, 0.3) is 6.08 Å². The SMILES string of the molecule is CCOc1cc(/C=C2\SC(=O)N(CC(=O)N3CCOCC3)C2=O)ccc1OCCOc1ccc(C(C)(C)C)cc1. The first-order valence-corrected chi connectivity index (χ1v) is 14.2. The maximum Gasteiger partial charge on any atom is 0.294 e. The molecule has 214 valence electrons. The van der Waals surface area contributed by atoms with E-state index in [1.807, 2.05) is 19.1 Å². The quantitative estimate of drug-likeness (QED) is 0.300. The third-order valence-electron chi connectivity index (χ3n) is 6.43. The lowest BCUT2D eigenvalue weighted by molar-refractivity contribution is -0.139. The third-order valence-corrected chi connectivity index (χ3v) is 7.33. The molecule has 0 unspecified atom stereocenters. The van der Waals surface area contributed by atoms with Gasteiger partial charge in [-0.3, -0.25) is 19.3 Å². The van der Waals surface area contributed by atoms with Gasteiger partial charge in [-0.15, -0.1) is 0 Å². The second kappa shape index (κ2) is 13.2. The van der Waals surface area contributed by atoms with E-state index < -0.39 is 11.1 Å². The highest BCUT2D eigenvalue weighted by atomic mass is 32.2. The van der Waals surface area contributed by atoms with Gasteiger partial charge in [0.2, 0.25) is 5.91 Å². The van der Waals surface area contributed by atoms with Gasteiger partial charge in [-0.2, -0.15) is 0 Å². The van der Waals surface area contributed by atoms with Crippen LogP contribution in [0.5, 0.6) is 17.2 Å². The summed E-state index contributed by atoms with van der Waals surface area (Å²) in [7, 11) is 0. The Morgan fingerprint density at radius 3 is 2.35 bits per heavy atom. The van der Waals surface area contributed by atoms with Crippen molar-refractivity contribution in [3.05, 3.63) is 58.5 Å². The summed E-state index contributed by atoms with van der Waals surface area (Å²) in [6.07, 6.45) is 1.63. The van der Waals surface area contributed by atoms with Crippen molar-refractivity contribution in [3.8, 4) is 17.2 Å². The molecule has 2 saturated heterocycles. The predicted molar refractivity (Wildman–Crippen MR) is 154 cm³/mol. The summed E-state index contributed by atoms with van der Waals surface area (Å²) in [5.41, 5.74) is 2.00. The third kappa shape index (κ3) is 7.57. The van der Waals surface area contributed by atoms with Crippen LogP contribution >= 0.6 is 11.8 Å². The van der Waals surface area contributed by atoms with E-state index in [9.17, 15) is 14.4 Å². The largest absolute Gasteiger partial charge is 0.490 e. The summed E-state index contributed by atoms with van der Waals surface area (Å²) in [5, 5.41) is -0.462. The van der Waals surface area contributed by atoms with Gasteiger partial charge in [0, 0.05) is 13.1 Å². The number of nitrogens with zero attached hydrogens (tertiary/aromatic N) is 2. The molecule has 4 rings (SSSR count). The number of morpholine rings is 1. The molecule has 2 aliphatic heterocycles. The van der Waals surface area contributed by atoms with E-state index in [1.54, 1.807) is 29.2 Å². The fourth-order valence-corrected chi connectivity index (χ4v) is 5.04. The lowest BCUT2D eigenvalue weighted by atomic mass is 9.87. The fourth-order valence-electron chi connectivity index (χ4n) is 4.20. The molecule has 0 radical (unpaired) electrons. The number of amides is 3. The minimum atomic E-state index is -0.484. The zero-order valence-corrected chi connectivity index (χ0v) is 24.3. The van der Waals surface area contributed by atoms with Crippen LogP contribution in [0.4, 0.5) is 4.79 Å². The van der Waals surface area contributed by atoms with E-state index in [0.29, 0.717) is 63.2 Å². The molecule has 0 aliphatic carbocycles. The molecule has 2 aromatic rings. The number of ether oxygens (including phenoxy) is 4. The van der Waals surface area contributed by atoms with Crippen molar-refractivity contribution in [2.75, 3.05) is 52.7 Å². The molecule has 3 amide bonds. The average molecular weight is 569 g/mol. The molecular formula is C30H36N2O7S. The fraction of sp³-hybridized carbons (Fsp3) is 0.433. The van der Waals surface area contributed by atoms with Crippen LogP contribution in [0, 0.1) is 0 Å². The maximum atomic E-state index is 12.9. The van der Waals surface area contributed by atoms with Crippen molar-refractivity contribution in [2.45, 2.75) is 33.1 Å². The molecule has 0 saturated carbocycles. The number of rotatable bonds is 10. The van der Waals surface area contributed by atoms with E-state index >= 15 is 0 Å². The molecule has 2 fully saturated rings. The standard InChI is InChI=1S/C30H36N2O7S/c1-5-37-25-18-21(6-11-24(25)39-17-16-38-23-9-7-22(8-10-23)30(2,3)4)19-26-28(34)32(29(35)40-26)20-27(33)31-12-14-36-15-13-31/h6-11,18-19H,5,12-17,20H2,1-4H3/b26-19-. The van der Waals surface area contributed by atoms with E-state index in [2.05, 4.69) is 32.9 Å². The number of carbonyl (C=O) groups excluding carboxylic acids is 3. The first kappa shape index (κ1) is 29.5. The molecule has 10 heteroatoms. The van der Waals surface area contributed by atoms with E-state index in [-0.39, 0.29) is 22.8 Å². The van der Waals surface area contributed by atoms with E-state index in [1.165, 1.54) is 5.56 Å². The Morgan fingerprint density at radius 1 is 0.975 bits per heavy atom. The van der Waals surface area contributed by atoms with E-state index in [0.717, 1.165) is 22.4 Å². The summed E-state index contributed by atoms with van der Waals surface area (Å²) in [6.45, 7) is 11.0. The van der Waals surface area contributed by atoms with Gasteiger partial charge in [-0.25, -0.2) is 0 Å². The zero-order chi connectivity index (χ0) is 28.7. The molecule has 0 bridgehead atoms. The highest BCUT2D eigenvalue weighted by Gasteiger charge is 2.37. The molecule has 9 nitrogen and oxygen atoms in total. The van der Waals surface area contributed by atoms with Gasteiger partial charge in [-0.1, -0.05) is 39.0 Å². The van der Waals surface area contributed by atoms with Gasteiger partial charge >= 0.3 is 0 Å². The van der Waals surface area contributed by atoms with Crippen molar-refractivity contribution in [1.82, 2.24) is 9.80 Å². The highest BCUT2D eigenvalue weighted by Crippen LogP contribution is 2.35. The lowest BCUT2D eigenvalue weighted by Crippen LogP contribution is -2.46. The van der Waals surface area contributed by atoms with Crippen molar-refractivity contribution in [1.29, 1.82) is 0 Å². The first-order valence-electron chi connectivity index (χ1n) is 13.4. The van der Waals surface area contributed by atoms with Gasteiger partial charge < -0.3 is 23.8 Å². The predicted octanol–water partition coefficient (Wildman–Crippen LogP) is 4.74. The second-order valence-electron chi connectivity index (χ2n) is 10.4. The van der Waals surface area contributed by atoms with Crippen LogP contribution in [0.1, 0.15) is 38.8 Å². The molecule has 2 aromatic carbocycles. The van der Waals surface area contributed by atoms with Crippen LogP contribution in [0.2, 0.25) is 0 Å². The molecule has 0 N–H and O–H groups in total. The number of hydrogen-bond acceptors (Lipinski definition) is 8. The average Bonchev–Trinajstić information content (AvgIpc) is 3.19. The topological polar surface area (TPSA) is 94.6 Å². The summed E-state index contributed by atoms with van der Waals surface area (Å²) >= 11 is 0.820.